The Morgan fingerprint density at radius 3 is 1.38 bits per heavy atom. The molecule has 0 aromatic heterocycles. The van der Waals surface area contributed by atoms with Crippen molar-refractivity contribution in [2.24, 2.45) is 11.8 Å². The van der Waals surface area contributed by atoms with Crippen LogP contribution in [0, 0.1) is 11.8 Å². The van der Waals surface area contributed by atoms with E-state index in [0.717, 1.165) is 0 Å². The van der Waals surface area contributed by atoms with Gasteiger partial charge in [-0.05, 0) is 44.9 Å². The highest BCUT2D eigenvalue weighted by Crippen LogP contribution is 2.48. The average molecular weight is 314 g/mol. The number of rotatable bonds is 2. The third kappa shape index (κ3) is 2.20. The average Bonchev–Trinajstić information content (AvgIpc) is 2.68. The smallest absolute Gasteiger partial charge is 0.0122 e. The minimum absolute atomic E-state index is 0.467. The van der Waals surface area contributed by atoms with E-state index in [0.29, 0.717) is 23.7 Å². The summed E-state index contributed by atoms with van der Waals surface area (Å²) in [6.07, 6.45) is 0. The standard InChI is InChI=1S/C24H26/c1-15(2)22-18-11-5-6-12-19(18)23(16(3)4)21-14-8-10-17-9-7-13-20(22)24(17)21/h5-16,22-23H,1-4H3. The highest BCUT2D eigenvalue weighted by atomic mass is 14.4. The molecule has 0 fully saturated rings. The first-order chi connectivity index (χ1) is 11.6. The van der Waals surface area contributed by atoms with Crippen molar-refractivity contribution < 1.29 is 0 Å². The second-order valence-corrected chi connectivity index (χ2v) is 7.86. The maximum atomic E-state index is 2.36. The zero-order valence-electron chi connectivity index (χ0n) is 15.1. The first-order valence-corrected chi connectivity index (χ1v) is 9.20. The number of hydrogen-bond acceptors (Lipinski definition) is 0. The quantitative estimate of drug-likeness (QED) is 0.492. The van der Waals surface area contributed by atoms with Crippen LogP contribution in [-0.4, -0.2) is 0 Å². The molecular weight excluding hydrogens is 288 g/mol. The minimum Gasteiger partial charge on any atom is -0.0620 e. The van der Waals surface area contributed by atoms with E-state index >= 15 is 0 Å². The molecule has 0 amide bonds. The molecule has 0 saturated carbocycles. The third-order valence-electron chi connectivity index (χ3n) is 5.64. The van der Waals surface area contributed by atoms with Crippen molar-refractivity contribution in [3.8, 4) is 0 Å². The van der Waals surface area contributed by atoms with Gasteiger partial charge in [0.1, 0.15) is 0 Å². The zero-order chi connectivity index (χ0) is 16.8. The molecule has 2 atom stereocenters. The van der Waals surface area contributed by atoms with E-state index in [2.05, 4.69) is 88.4 Å². The van der Waals surface area contributed by atoms with Gasteiger partial charge in [-0.25, -0.2) is 0 Å². The molecule has 0 aliphatic heterocycles. The van der Waals surface area contributed by atoms with Crippen molar-refractivity contribution >= 4 is 10.8 Å². The van der Waals surface area contributed by atoms with Crippen molar-refractivity contribution in [3.05, 3.63) is 82.9 Å². The first kappa shape index (κ1) is 15.4. The van der Waals surface area contributed by atoms with Crippen LogP contribution in [-0.2, 0) is 0 Å². The Labute approximate surface area is 145 Å². The maximum Gasteiger partial charge on any atom is 0.0122 e. The Hall–Kier alpha value is -2.08. The van der Waals surface area contributed by atoms with Crippen LogP contribution in [0.5, 0.6) is 0 Å². The third-order valence-corrected chi connectivity index (χ3v) is 5.64. The fourth-order valence-electron chi connectivity index (χ4n) is 4.77. The van der Waals surface area contributed by atoms with Gasteiger partial charge in [-0.15, -0.1) is 0 Å². The summed E-state index contributed by atoms with van der Waals surface area (Å²) in [5.74, 6) is 2.09. The van der Waals surface area contributed by atoms with E-state index in [1.807, 2.05) is 0 Å². The molecule has 4 rings (SSSR count). The molecule has 3 aromatic rings. The number of fused-ring (bicyclic) bond motifs is 1. The molecule has 0 saturated heterocycles. The highest BCUT2D eigenvalue weighted by molar-refractivity contribution is 5.91. The van der Waals surface area contributed by atoms with Gasteiger partial charge in [0.15, 0.2) is 0 Å². The molecule has 0 bridgehead atoms. The van der Waals surface area contributed by atoms with Gasteiger partial charge >= 0.3 is 0 Å². The molecule has 0 heterocycles. The molecule has 0 radical (unpaired) electrons. The lowest BCUT2D eigenvalue weighted by molar-refractivity contribution is 0.540. The van der Waals surface area contributed by atoms with Crippen LogP contribution >= 0.6 is 0 Å². The van der Waals surface area contributed by atoms with Crippen LogP contribution in [0.3, 0.4) is 0 Å². The second kappa shape index (κ2) is 5.77. The Kier molecular flexibility index (Phi) is 3.72. The fourth-order valence-corrected chi connectivity index (χ4v) is 4.77. The molecule has 122 valence electrons. The predicted molar refractivity (Wildman–Crippen MR) is 104 cm³/mol. The normalized spacial score (nSPS) is 19.6. The van der Waals surface area contributed by atoms with Crippen molar-refractivity contribution in [1.82, 2.24) is 0 Å². The van der Waals surface area contributed by atoms with Crippen LogP contribution < -0.4 is 0 Å². The van der Waals surface area contributed by atoms with E-state index in [1.165, 1.54) is 33.0 Å². The van der Waals surface area contributed by atoms with Crippen LogP contribution in [0.1, 0.15) is 61.8 Å². The van der Waals surface area contributed by atoms with Crippen LogP contribution in [0.2, 0.25) is 0 Å². The Bertz CT molecular complexity index is 816. The Balaban J connectivity index is 2.18. The summed E-state index contributed by atoms with van der Waals surface area (Å²) in [4.78, 5) is 0. The van der Waals surface area contributed by atoms with E-state index in [4.69, 9.17) is 0 Å². The first-order valence-electron chi connectivity index (χ1n) is 9.20. The van der Waals surface area contributed by atoms with Gasteiger partial charge in [-0.2, -0.15) is 0 Å². The summed E-state index contributed by atoms with van der Waals surface area (Å²) in [5.41, 5.74) is 6.06. The fraction of sp³-hybridized carbons (Fsp3) is 0.333. The van der Waals surface area contributed by atoms with Gasteiger partial charge in [0, 0.05) is 11.8 Å². The monoisotopic (exact) mass is 314 g/mol. The lowest BCUT2D eigenvalue weighted by atomic mass is 9.78. The van der Waals surface area contributed by atoms with Gasteiger partial charge in [0.25, 0.3) is 0 Å². The number of hydrogen-bond donors (Lipinski definition) is 0. The SMILES string of the molecule is CC(C)C1c2ccccc2C(C(C)C)c2cccc3cccc1c23. The van der Waals surface area contributed by atoms with Crippen molar-refractivity contribution in [2.75, 3.05) is 0 Å². The van der Waals surface area contributed by atoms with Gasteiger partial charge < -0.3 is 0 Å². The molecule has 1 aliphatic rings. The van der Waals surface area contributed by atoms with Gasteiger partial charge in [0.2, 0.25) is 0 Å². The van der Waals surface area contributed by atoms with E-state index in [9.17, 15) is 0 Å². The Morgan fingerprint density at radius 2 is 0.958 bits per heavy atom. The molecule has 0 N–H and O–H groups in total. The second-order valence-electron chi connectivity index (χ2n) is 7.86. The van der Waals surface area contributed by atoms with Gasteiger partial charge in [0.05, 0.1) is 0 Å². The van der Waals surface area contributed by atoms with E-state index in [1.54, 1.807) is 0 Å². The molecule has 0 heteroatoms. The van der Waals surface area contributed by atoms with Crippen molar-refractivity contribution in [2.45, 2.75) is 39.5 Å². The van der Waals surface area contributed by atoms with E-state index in [-0.39, 0.29) is 0 Å². The van der Waals surface area contributed by atoms with Crippen LogP contribution in [0.15, 0.2) is 60.7 Å². The van der Waals surface area contributed by atoms with Gasteiger partial charge in [-0.1, -0.05) is 88.4 Å². The summed E-state index contributed by atoms with van der Waals surface area (Å²) in [6, 6.07) is 22.9. The largest absolute Gasteiger partial charge is 0.0620 e. The lowest BCUT2D eigenvalue weighted by Gasteiger charge is -2.26. The Morgan fingerprint density at radius 1 is 0.542 bits per heavy atom. The lowest BCUT2D eigenvalue weighted by Crippen LogP contribution is -2.13. The van der Waals surface area contributed by atoms with Crippen molar-refractivity contribution in [1.29, 1.82) is 0 Å². The molecule has 24 heavy (non-hydrogen) atoms. The van der Waals surface area contributed by atoms with Gasteiger partial charge in [-0.3, -0.25) is 0 Å². The van der Waals surface area contributed by atoms with Crippen molar-refractivity contribution in [3.63, 3.8) is 0 Å². The maximum absolute atomic E-state index is 2.36. The summed E-state index contributed by atoms with van der Waals surface area (Å²) >= 11 is 0. The topological polar surface area (TPSA) is 0 Å². The minimum atomic E-state index is 0.467. The molecule has 0 nitrogen and oxygen atoms in total. The molecule has 3 aromatic carbocycles. The molecule has 1 aliphatic carbocycles. The molecule has 0 spiro atoms. The van der Waals surface area contributed by atoms with Crippen LogP contribution in [0.25, 0.3) is 10.8 Å². The highest BCUT2D eigenvalue weighted by Gasteiger charge is 2.32. The summed E-state index contributed by atoms with van der Waals surface area (Å²) in [5, 5.41) is 2.88. The summed E-state index contributed by atoms with van der Waals surface area (Å²) in [7, 11) is 0. The van der Waals surface area contributed by atoms with E-state index < -0.39 is 0 Å². The van der Waals surface area contributed by atoms with Crippen LogP contribution in [0.4, 0.5) is 0 Å². The number of benzene rings is 3. The summed E-state index contributed by atoms with van der Waals surface area (Å²) < 4.78 is 0. The zero-order valence-corrected chi connectivity index (χ0v) is 15.1. The summed E-state index contributed by atoms with van der Waals surface area (Å²) in [6.45, 7) is 9.44. The molecular formula is C24H26. The molecule has 2 unspecified atom stereocenters. The predicted octanol–water partition coefficient (Wildman–Crippen LogP) is 6.73.